The molecule has 2 amide bonds. The van der Waals surface area contributed by atoms with Crippen LogP contribution in [-0.4, -0.2) is 98.1 Å². The molecule has 12 nitrogen and oxygen atoms in total. The van der Waals surface area contributed by atoms with E-state index in [-0.39, 0.29) is 48.8 Å². The van der Waals surface area contributed by atoms with Gasteiger partial charge >= 0.3 is 11.6 Å². The molecule has 0 saturated carbocycles. The Labute approximate surface area is 343 Å². The Morgan fingerprint density at radius 1 is 0.644 bits per heavy atom. The molecule has 1 N–H and O–H groups in total. The van der Waals surface area contributed by atoms with Gasteiger partial charge in [-0.1, -0.05) is 6.07 Å². The Hall–Kier alpha value is -6.43. The Morgan fingerprint density at radius 2 is 1.24 bits per heavy atom. The Kier molecular flexibility index (Phi) is 11.9. The minimum atomic E-state index is -1.16. The zero-order valence-corrected chi connectivity index (χ0v) is 34.7. The summed E-state index contributed by atoms with van der Waals surface area (Å²) in [6, 6.07) is 24.1. The van der Waals surface area contributed by atoms with Gasteiger partial charge in [-0.2, -0.15) is 0 Å². The van der Waals surface area contributed by atoms with Crippen molar-refractivity contribution in [3.8, 4) is 22.5 Å². The smallest absolute Gasteiger partial charge is 0.349 e. The van der Waals surface area contributed by atoms with Gasteiger partial charge in [-0.05, 0) is 95.6 Å². The number of carbonyl (C=O) groups is 3. The predicted molar refractivity (Wildman–Crippen MR) is 233 cm³/mol. The van der Waals surface area contributed by atoms with Gasteiger partial charge in [-0.25, -0.2) is 14.2 Å². The number of aromatic carboxylic acids is 1. The number of rotatable bonds is 12. The maximum Gasteiger partial charge on any atom is 0.349 e. The van der Waals surface area contributed by atoms with Gasteiger partial charge in [0, 0.05) is 109 Å². The molecule has 7 rings (SSSR count). The zero-order valence-electron chi connectivity index (χ0n) is 34.7. The topological polar surface area (TPSA) is 131 Å². The SMILES string of the molecule is CCN(CC)c1ccc2cc(C(=O)N3CCN(C(=O)c4ccc(-c5c6ccc(=[N+](CC)CC)cc-6oc6cc(N(CC)CC)ccc56)c(C(=O)O)c4)CC3)c(=O)oc2c1. The molecule has 59 heavy (non-hydrogen) atoms. The van der Waals surface area contributed by atoms with E-state index in [9.17, 15) is 24.3 Å². The molecule has 1 aromatic heterocycles. The maximum absolute atomic E-state index is 14.0. The highest BCUT2D eigenvalue weighted by Gasteiger charge is 2.29. The summed E-state index contributed by atoms with van der Waals surface area (Å²) in [5.41, 5.74) is 4.38. The quantitative estimate of drug-likeness (QED) is 0.0782. The number of anilines is 2. The van der Waals surface area contributed by atoms with E-state index in [1.165, 1.54) is 6.07 Å². The van der Waals surface area contributed by atoms with Crippen molar-refractivity contribution in [3.63, 3.8) is 0 Å². The first-order valence-corrected chi connectivity index (χ1v) is 20.7. The Morgan fingerprint density at radius 3 is 1.85 bits per heavy atom. The van der Waals surface area contributed by atoms with E-state index in [1.54, 1.807) is 28.0 Å². The van der Waals surface area contributed by atoms with Crippen molar-refractivity contribution >= 4 is 51.1 Å². The van der Waals surface area contributed by atoms with Crippen molar-refractivity contribution in [1.29, 1.82) is 0 Å². The molecule has 1 fully saturated rings. The van der Waals surface area contributed by atoms with Crippen LogP contribution >= 0.6 is 0 Å². The monoisotopic (exact) mass is 798 g/mol. The number of carboxylic acid groups (broad SMARTS) is 1. The standard InChI is InChI=1S/C47H51N5O7/c1-7-48(8-2)32-15-13-30-25-39(47(57)59-40(30)27-32)45(54)52-23-21-51(22-24-52)44(53)31-14-18-35(38(26-31)46(55)56)43-36-19-16-33(49(9-3)10-4)28-41(36)58-42-29-34(17-20-37(42)43)50(11-5)12-6/h13-20,25-29H,7-12,21-24H2,1-6H3/p+1. The summed E-state index contributed by atoms with van der Waals surface area (Å²) in [5, 5.41) is 13.1. The number of nitrogens with zero attached hydrogens (tertiary/aromatic N) is 5. The van der Waals surface area contributed by atoms with E-state index < -0.39 is 17.5 Å². The number of fused-ring (bicyclic) bond motifs is 3. The first-order chi connectivity index (χ1) is 28.5. The van der Waals surface area contributed by atoms with Gasteiger partial charge in [0.05, 0.1) is 11.6 Å². The molecule has 0 atom stereocenters. The van der Waals surface area contributed by atoms with Crippen LogP contribution in [0.3, 0.4) is 0 Å². The minimum absolute atomic E-state index is 0.00801. The molecule has 3 aromatic carbocycles. The summed E-state index contributed by atoms with van der Waals surface area (Å²) in [6.07, 6.45) is 0. The van der Waals surface area contributed by atoms with Crippen LogP contribution in [0.15, 0.2) is 92.5 Å². The Balaban J connectivity index is 1.18. The number of carbonyl (C=O) groups excluding carboxylic acids is 2. The number of amides is 2. The molecular weight excluding hydrogens is 747 g/mol. The van der Waals surface area contributed by atoms with Crippen molar-refractivity contribution in [1.82, 2.24) is 14.4 Å². The normalized spacial score (nSPS) is 13.0. The van der Waals surface area contributed by atoms with E-state index in [2.05, 4.69) is 55.9 Å². The molecule has 1 aliphatic carbocycles. The molecular formula is C47H52N5O7+. The molecule has 0 unspecified atom stereocenters. The lowest BCUT2D eigenvalue weighted by Crippen LogP contribution is -2.51. The molecule has 3 aliphatic rings. The van der Waals surface area contributed by atoms with E-state index in [0.717, 1.165) is 67.0 Å². The molecule has 0 bridgehead atoms. The third kappa shape index (κ3) is 7.79. The number of hydrogen-bond acceptors (Lipinski definition) is 8. The molecule has 306 valence electrons. The lowest BCUT2D eigenvalue weighted by Gasteiger charge is -2.34. The van der Waals surface area contributed by atoms with Crippen molar-refractivity contribution in [3.05, 3.63) is 111 Å². The minimum Gasteiger partial charge on any atom is -0.478 e. The molecule has 4 aromatic rings. The largest absolute Gasteiger partial charge is 0.478 e. The van der Waals surface area contributed by atoms with E-state index in [0.29, 0.717) is 33.4 Å². The summed E-state index contributed by atoms with van der Waals surface area (Å²) in [5.74, 6) is -1.33. The molecule has 0 spiro atoms. The van der Waals surface area contributed by atoms with Gasteiger partial charge in [-0.15, -0.1) is 0 Å². The van der Waals surface area contributed by atoms with Crippen LogP contribution in [0.2, 0.25) is 0 Å². The van der Waals surface area contributed by atoms with Crippen LogP contribution in [-0.2, 0) is 0 Å². The number of benzene rings is 4. The molecule has 1 saturated heterocycles. The van der Waals surface area contributed by atoms with E-state index >= 15 is 0 Å². The summed E-state index contributed by atoms with van der Waals surface area (Å²) in [6.45, 7) is 18.2. The highest BCUT2D eigenvalue weighted by Crippen LogP contribution is 2.42. The predicted octanol–water partition coefficient (Wildman–Crippen LogP) is 7.11. The fourth-order valence-electron chi connectivity index (χ4n) is 8.30. The fourth-order valence-corrected chi connectivity index (χ4v) is 8.30. The maximum atomic E-state index is 14.0. The van der Waals surface area contributed by atoms with Gasteiger partial charge in [0.1, 0.15) is 35.6 Å². The van der Waals surface area contributed by atoms with Crippen molar-refractivity contribution in [2.45, 2.75) is 41.5 Å². The van der Waals surface area contributed by atoms with E-state index in [1.807, 2.05) is 54.6 Å². The number of piperazine rings is 1. The average molecular weight is 799 g/mol. The third-order valence-corrected chi connectivity index (χ3v) is 11.6. The lowest BCUT2D eigenvalue weighted by molar-refractivity contribution is 0.0533. The van der Waals surface area contributed by atoms with Crippen LogP contribution in [0, 0.1) is 0 Å². The second-order valence-corrected chi connectivity index (χ2v) is 14.7. The fraction of sp³-hybridized carbons (Fsp3) is 0.340. The molecule has 0 radical (unpaired) electrons. The summed E-state index contributed by atoms with van der Waals surface area (Å²) < 4.78 is 14.4. The average Bonchev–Trinajstić information content (AvgIpc) is 3.25. The van der Waals surface area contributed by atoms with Crippen LogP contribution in [0.1, 0.15) is 72.6 Å². The summed E-state index contributed by atoms with van der Waals surface area (Å²) in [4.78, 5) is 61.2. The lowest BCUT2D eigenvalue weighted by atomic mass is 9.89. The molecule has 2 aliphatic heterocycles. The van der Waals surface area contributed by atoms with Crippen LogP contribution in [0.5, 0.6) is 0 Å². The van der Waals surface area contributed by atoms with E-state index in [4.69, 9.17) is 8.83 Å². The van der Waals surface area contributed by atoms with Crippen molar-refractivity contribution in [2.24, 2.45) is 0 Å². The van der Waals surface area contributed by atoms with Crippen molar-refractivity contribution < 1.29 is 28.3 Å². The number of carboxylic acids is 1. The van der Waals surface area contributed by atoms with Gasteiger partial charge < -0.3 is 33.5 Å². The van der Waals surface area contributed by atoms with Crippen LogP contribution < -0.4 is 25.4 Å². The second-order valence-electron chi connectivity index (χ2n) is 14.7. The van der Waals surface area contributed by atoms with Gasteiger partial charge in [0.25, 0.3) is 11.8 Å². The first kappa shape index (κ1) is 40.8. The zero-order chi connectivity index (χ0) is 42.0. The van der Waals surface area contributed by atoms with Gasteiger partial charge in [0.15, 0.2) is 0 Å². The molecule has 3 heterocycles. The highest BCUT2D eigenvalue weighted by atomic mass is 16.4. The summed E-state index contributed by atoms with van der Waals surface area (Å²) >= 11 is 0. The van der Waals surface area contributed by atoms with Crippen molar-refractivity contribution in [2.75, 3.05) is 75.2 Å². The first-order valence-electron chi connectivity index (χ1n) is 20.7. The highest BCUT2D eigenvalue weighted by molar-refractivity contribution is 6.09. The van der Waals surface area contributed by atoms with Gasteiger partial charge in [0.2, 0.25) is 5.36 Å². The van der Waals surface area contributed by atoms with Crippen LogP contribution in [0.25, 0.3) is 44.4 Å². The number of hydrogen-bond donors (Lipinski definition) is 1. The third-order valence-electron chi connectivity index (χ3n) is 11.6. The second kappa shape index (κ2) is 17.2. The molecule has 12 heteroatoms. The Bertz CT molecular complexity index is 2660. The van der Waals surface area contributed by atoms with Gasteiger partial charge in [-0.3, -0.25) is 9.59 Å². The van der Waals surface area contributed by atoms with Crippen LogP contribution in [0.4, 0.5) is 11.4 Å². The summed E-state index contributed by atoms with van der Waals surface area (Å²) in [7, 11) is 0.